The molecule has 176 valence electrons. The van der Waals surface area contributed by atoms with E-state index >= 15 is 0 Å². The van der Waals surface area contributed by atoms with E-state index in [0.717, 1.165) is 32.1 Å². The summed E-state index contributed by atoms with van der Waals surface area (Å²) in [5.74, 6) is 2.25. The van der Waals surface area contributed by atoms with E-state index in [9.17, 15) is 15.0 Å². The first kappa shape index (κ1) is 23.3. The topological polar surface area (TPSA) is 77.8 Å². The zero-order valence-electron chi connectivity index (χ0n) is 19.8. The largest absolute Gasteiger partial charge is 0.481 e. The van der Waals surface area contributed by atoms with E-state index in [0.29, 0.717) is 35.5 Å². The molecule has 4 aliphatic rings. The van der Waals surface area contributed by atoms with Gasteiger partial charge in [0.25, 0.3) is 0 Å². The molecule has 4 heteroatoms. The molecule has 0 aromatic rings. The first-order valence-electron chi connectivity index (χ1n) is 12.8. The molecule has 3 N–H and O–H groups in total. The summed E-state index contributed by atoms with van der Waals surface area (Å²) in [5.41, 5.74) is 0.404. The van der Waals surface area contributed by atoms with E-state index < -0.39 is 5.97 Å². The SMILES string of the molecule is C=CC[C@H]1[C@@H](O)[C@@H]2[C@H](CC[C@]3(C)[C@@H]([C@H](C)CCC(=O)O)CC[C@@H]23)[C@@]2(C)CC[C@@H](O)C[C@@H]12. The van der Waals surface area contributed by atoms with E-state index in [1.54, 1.807) is 0 Å². The number of rotatable bonds is 6. The number of carboxylic acid groups (broad SMARTS) is 1. The van der Waals surface area contributed by atoms with Gasteiger partial charge in [-0.25, -0.2) is 0 Å². The summed E-state index contributed by atoms with van der Waals surface area (Å²) >= 11 is 0. The van der Waals surface area contributed by atoms with E-state index in [1.165, 1.54) is 25.7 Å². The average molecular weight is 433 g/mol. The summed E-state index contributed by atoms with van der Waals surface area (Å²) in [6.45, 7) is 11.2. The van der Waals surface area contributed by atoms with Crippen LogP contribution in [-0.4, -0.2) is 33.5 Å². The third kappa shape index (κ3) is 3.70. The molecule has 11 atom stereocenters. The number of hydrogen-bond donors (Lipinski definition) is 3. The fourth-order valence-corrected chi connectivity index (χ4v) is 9.46. The van der Waals surface area contributed by atoms with Crippen molar-refractivity contribution in [3.05, 3.63) is 12.7 Å². The lowest BCUT2D eigenvalue weighted by atomic mass is 9.41. The van der Waals surface area contributed by atoms with Gasteiger partial charge in [0.15, 0.2) is 0 Å². The number of carbonyl (C=O) groups is 1. The minimum atomic E-state index is -0.691. The normalized spacial score (nSPS) is 50.1. The molecule has 31 heavy (non-hydrogen) atoms. The average Bonchev–Trinajstić information content (AvgIpc) is 3.07. The smallest absolute Gasteiger partial charge is 0.303 e. The summed E-state index contributed by atoms with van der Waals surface area (Å²) in [4.78, 5) is 11.1. The zero-order chi connectivity index (χ0) is 22.6. The molecule has 0 aromatic heterocycles. The lowest BCUT2D eigenvalue weighted by molar-refractivity contribution is -0.202. The van der Waals surface area contributed by atoms with E-state index in [-0.39, 0.29) is 35.4 Å². The third-order valence-corrected chi connectivity index (χ3v) is 10.9. The predicted octanol–water partition coefficient (Wildman–Crippen LogP) is 5.28. The molecule has 0 spiro atoms. The van der Waals surface area contributed by atoms with Crippen LogP contribution < -0.4 is 0 Å². The quantitative estimate of drug-likeness (QED) is 0.499. The molecule has 4 rings (SSSR count). The Hall–Kier alpha value is -0.870. The number of fused-ring (bicyclic) bond motifs is 5. The van der Waals surface area contributed by atoms with Gasteiger partial charge in [-0.3, -0.25) is 4.79 Å². The number of carboxylic acids is 1. The van der Waals surface area contributed by atoms with E-state index in [1.807, 2.05) is 6.08 Å². The Balaban J connectivity index is 1.63. The first-order valence-corrected chi connectivity index (χ1v) is 12.8. The van der Waals surface area contributed by atoms with Gasteiger partial charge in [0.05, 0.1) is 12.2 Å². The Kier molecular flexibility index (Phi) is 6.37. The van der Waals surface area contributed by atoms with Gasteiger partial charge < -0.3 is 15.3 Å². The van der Waals surface area contributed by atoms with Crippen LogP contribution in [0.3, 0.4) is 0 Å². The number of aliphatic hydroxyl groups excluding tert-OH is 2. The van der Waals surface area contributed by atoms with Crippen LogP contribution in [0.1, 0.15) is 85.0 Å². The number of aliphatic hydroxyl groups is 2. The summed E-state index contributed by atoms with van der Waals surface area (Å²) in [5, 5.41) is 31.4. The molecular formula is C27H44O4. The maximum atomic E-state index is 11.8. The molecule has 0 radical (unpaired) electrons. The van der Waals surface area contributed by atoms with Gasteiger partial charge in [0.1, 0.15) is 0 Å². The molecule has 0 bridgehead atoms. The summed E-state index contributed by atoms with van der Waals surface area (Å²) in [6, 6.07) is 0. The number of aliphatic carboxylic acids is 1. The summed E-state index contributed by atoms with van der Waals surface area (Å²) < 4.78 is 0. The van der Waals surface area contributed by atoms with Crippen LogP contribution >= 0.6 is 0 Å². The Bertz CT molecular complexity index is 691. The van der Waals surface area contributed by atoms with Gasteiger partial charge in [-0.2, -0.15) is 0 Å². The van der Waals surface area contributed by atoms with Crippen molar-refractivity contribution in [3.8, 4) is 0 Å². The van der Waals surface area contributed by atoms with Crippen molar-refractivity contribution in [2.24, 2.45) is 52.3 Å². The van der Waals surface area contributed by atoms with Gasteiger partial charge in [-0.05, 0) is 110 Å². The minimum absolute atomic E-state index is 0.199. The van der Waals surface area contributed by atoms with Gasteiger partial charge in [-0.15, -0.1) is 6.58 Å². The Morgan fingerprint density at radius 1 is 1.06 bits per heavy atom. The molecule has 0 unspecified atom stereocenters. The van der Waals surface area contributed by atoms with Crippen LogP contribution in [0.15, 0.2) is 12.7 Å². The maximum Gasteiger partial charge on any atom is 0.303 e. The molecule has 4 saturated carbocycles. The highest BCUT2D eigenvalue weighted by Crippen LogP contribution is 2.69. The van der Waals surface area contributed by atoms with Crippen LogP contribution in [0.2, 0.25) is 0 Å². The van der Waals surface area contributed by atoms with Crippen molar-refractivity contribution in [2.45, 2.75) is 97.2 Å². The lowest BCUT2D eigenvalue weighted by Crippen LogP contribution is -2.62. The second-order valence-corrected chi connectivity index (χ2v) is 12.1. The fourth-order valence-electron chi connectivity index (χ4n) is 9.46. The molecule has 0 heterocycles. The lowest BCUT2D eigenvalue weighted by Gasteiger charge is -2.64. The second kappa shape index (κ2) is 8.48. The molecule has 0 amide bonds. The van der Waals surface area contributed by atoms with Gasteiger partial charge >= 0.3 is 5.97 Å². The minimum Gasteiger partial charge on any atom is -0.481 e. The standard InChI is InChI=1S/C27H44O4/c1-5-6-18-22-15-17(28)11-13-27(22,4)21-12-14-26(3)19(16(2)7-10-23(29)30)8-9-20(26)24(21)25(18)31/h5,16-22,24-25,28,31H,1,6-15H2,2-4H3,(H,29,30)/t16-,17-,18-,19-,20+,21+,22+,24+,25-,26-,27-/m1/s1. The molecule has 0 aromatic carbocycles. The van der Waals surface area contributed by atoms with Crippen molar-refractivity contribution in [1.29, 1.82) is 0 Å². The van der Waals surface area contributed by atoms with E-state index in [4.69, 9.17) is 5.11 Å². The van der Waals surface area contributed by atoms with Gasteiger partial charge in [-0.1, -0.05) is 26.8 Å². The Labute approximate surface area is 188 Å². The van der Waals surface area contributed by atoms with Crippen LogP contribution in [0.25, 0.3) is 0 Å². The Morgan fingerprint density at radius 2 is 1.74 bits per heavy atom. The molecule has 0 aliphatic heterocycles. The van der Waals surface area contributed by atoms with Gasteiger partial charge in [0.2, 0.25) is 0 Å². The highest BCUT2D eigenvalue weighted by molar-refractivity contribution is 5.66. The number of hydrogen-bond acceptors (Lipinski definition) is 3. The molecule has 0 saturated heterocycles. The van der Waals surface area contributed by atoms with Crippen LogP contribution in [0, 0.1) is 52.3 Å². The summed E-state index contributed by atoms with van der Waals surface area (Å²) in [6.07, 6.45) is 10.8. The highest BCUT2D eigenvalue weighted by atomic mass is 16.4. The molecule has 4 nitrogen and oxygen atoms in total. The van der Waals surface area contributed by atoms with Gasteiger partial charge in [0, 0.05) is 6.42 Å². The van der Waals surface area contributed by atoms with Crippen LogP contribution in [0.4, 0.5) is 0 Å². The molecule has 4 aliphatic carbocycles. The fraction of sp³-hybridized carbons (Fsp3) is 0.889. The van der Waals surface area contributed by atoms with Crippen molar-refractivity contribution >= 4 is 5.97 Å². The Morgan fingerprint density at radius 3 is 2.42 bits per heavy atom. The van der Waals surface area contributed by atoms with Crippen molar-refractivity contribution in [1.82, 2.24) is 0 Å². The highest BCUT2D eigenvalue weighted by Gasteiger charge is 2.64. The molecular weight excluding hydrogens is 388 g/mol. The predicted molar refractivity (Wildman–Crippen MR) is 122 cm³/mol. The third-order valence-electron chi connectivity index (χ3n) is 10.9. The summed E-state index contributed by atoms with van der Waals surface area (Å²) in [7, 11) is 0. The van der Waals surface area contributed by atoms with Crippen LogP contribution in [-0.2, 0) is 4.79 Å². The second-order valence-electron chi connectivity index (χ2n) is 12.1. The van der Waals surface area contributed by atoms with Crippen molar-refractivity contribution in [3.63, 3.8) is 0 Å². The number of allylic oxidation sites excluding steroid dienone is 1. The van der Waals surface area contributed by atoms with Crippen molar-refractivity contribution in [2.75, 3.05) is 0 Å². The maximum absolute atomic E-state index is 11.8. The molecule has 4 fully saturated rings. The monoisotopic (exact) mass is 432 g/mol. The van der Waals surface area contributed by atoms with Crippen LogP contribution in [0.5, 0.6) is 0 Å². The van der Waals surface area contributed by atoms with E-state index in [2.05, 4.69) is 27.4 Å². The van der Waals surface area contributed by atoms with Crippen molar-refractivity contribution < 1.29 is 20.1 Å². The zero-order valence-corrected chi connectivity index (χ0v) is 19.8. The first-order chi connectivity index (χ1) is 14.6.